The van der Waals surface area contributed by atoms with Crippen molar-refractivity contribution in [3.05, 3.63) is 34.3 Å². The van der Waals surface area contributed by atoms with E-state index in [-0.39, 0.29) is 11.5 Å². The molecule has 1 saturated carbocycles. The molecule has 0 spiro atoms. The van der Waals surface area contributed by atoms with Crippen LogP contribution >= 0.6 is 15.9 Å². The van der Waals surface area contributed by atoms with Crippen LogP contribution in [0.4, 0.5) is 0 Å². The van der Waals surface area contributed by atoms with Gasteiger partial charge in [-0.05, 0) is 44.2 Å². The second kappa shape index (κ2) is 7.22. The highest BCUT2D eigenvalue weighted by Crippen LogP contribution is 2.50. The fourth-order valence-electron chi connectivity index (χ4n) is 3.28. The molecule has 0 bridgehead atoms. The lowest BCUT2D eigenvalue weighted by molar-refractivity contribution is 0.108. The van der Waals surface area contributed by atoms with E-state index in [9.17, 15) is 5.11 Å². The second-order valence-electron chi connectivity index (χ2n) is 6.65. The molecule has 1 saturated heterocycles. The molecule has 126 valence electrons. The maximum absolute atomic E-state index is 9.69. The van der Waals surface area contributed by atoms with Gasteiger partial charge in [0, 0.05) is 29.5 Å². The third kappa shape index (κ3) is 3.89. The van der Waals surface area contributed by atoms with Crippen molar-refractivity contribution in [1.29, 1.82) is 0 Å². The Balaban J connectivity index is 1.72. The average molecular weight is 380 g/mol. The first-order valence-electron chi connectivity index (χ1n) is 8.61. The van der Waals surface area contributed by atoms with Gasteiger partial charge in [0.1, 0.15) is 0 Å². The van der Waals surface area contributed by atoms with Crippen LogP contribution in [0.25, 0.3) is 0 Å². The van der Waals surface area contributed by atoms with Crippen molar-refractivity contribution in [1.82, 2.24) is 10.2 Å². The lowest BCUT2D eigenvalue weighted by Crippen LogP contribution is -2.46. The number of aliphatic imine (C=N–C) groups is 1. The molecule has 0 radical (unpaired) electrons. The molecule has 5 heteroatoms. The van der Waals surface area contributed by atoms with Crippen LogP contribution < -0.4 is 5.32 Å². The van der Waals surface area contributed by atoms with E-state index in [4.69, 9.17) is 4.99 Å². The Bertz CT molecular complexity index is 563. The Hall–Kier alpha value is -1.07. The molecule has 0 amide bonds. The minimum Gasteiger partial charge on any atom is -0.393 e. The molecule has 4 nitrogen and oxygen atoms in total. The number of aliphatic hydroxyl groups excluding tert-OH is 1. The lowest BCUT2D eigenvalue weighted by atomic mass is 9.96. The van der Waals surface area contributed by atoms with Gasteiger partial charge in [-0.1, -0.05) is 34.1 Å². The van der Waals surface area contributed by atoms with Crippen molar-refractivity contribution >= 4 is 21.9 Å². The van der Waals surface area contributed by atoms with E-state index in [1.165, 1.54) is 22.9 Å². The largest absolute Gasteiger partial charge is 0.393 e. The maximum Gasteiger partial charge on any atom is 0.193 e. The van der Waals surface area contributed by atoms with E-state index in [1.54, 1.807) is 0 Å². The van der Waals surface area contributed by atoms with Crippen LogP contribution in [-0.2, 0) is 5.41 Å². The van der Waals surface area contributed by atoms with E-state index in [1.807, 2.05) is 0 Å². The molecule has 23 heavy (non-hydrogen) atoms. The fraction of sp³-hybridized carbons (Fsp3) is 0.611. The molecule has 1 aromatic carbocycles. The first-order valence-corrected chi connectivity index (χ1v) is 9.40. The minimum atomic E-state index is -0.149. The Morgan fingerprint density at radius 2 is 2.04 bits per heavy atom. The summed E-state index contributed by atoms with van der Waals surface area (Å²) in [5.74, 6) is 0.998. The highest BCUT2D eigenvalue weighted by molar-refractivity contribution is 9.10. The van der Waals surface area contributed by atoms with Crippen LogP contribution in [0.1, 0.15) is 38.2 Å². The molecule has 1 heterocycles. The number of guanidine groups is 1. The highest BCUT2D eigenvalue weighted by Gasteiger charge is 2.45. The van der Waals surface area contributed by atoms with Crippen LogP contribution in [0.5, 0.6) is 0 Å². The van der Waals surface area contributed by atoms with Crippen LogP contribution in [0.3, 0.4) is 0 Å². The zero-order valence-electron chi connectivity index (χ0n) is 13.8. The third-order valence-electron chi connectivity index (χ3n) is 4.93. The summed E-state index contributed by atoms with van der Waals surface area (Å²) in [6.07, 6.45) is 3.93. The molecule has 2 N–H and O–H groups in total. The van der Waals surface area contributed by atoms with Gasteiger partial charge in [-0.2, -0.15) is 0 Å². The number of halogens is 1. The fourth-order valence-corrected chi connectivity index (χ4v) is 3.99. The molecule has 1 aliphatic heterocycles. The normalized spacial score (nSPS) is 21.3. The molecule has 2 aliphatic rings. The smallest absolute Gasteiger partial charge is 0.193 e. The Morgan fingerprint density at radius 1 is 1.35 bits per heavy atom. The van der Waals surface area contributed by atoms with E-state index < -0.39 is 0 Å². The number of rotatable bonds is 4. The summed E-state index contributed by atoms with van der Waals surface area (Å²) in [5.41, 5.74) is 1.59. The summed E-state index contributed by atoms with van der Waals surface area (Å²) in [4.78, 5) is 7.23. The van der Waals surface area contributed by atoms with Crippen molar-refractivity contribution < 1.29 is 5.11 Å². The minimum absolute atomic E-state index is 0.149. The number of benzene rings is 1. The number of hydrogen-bond donors (Lipinski definition) is 2. The number of likely N-dealkylation sites (tertiary alicyclic amines) is 1. The molecule has 0 unspecified atom stereocenters. The van der Waals surface area contributed by atoms with Crippen LogP contribution in [0.15, 0.2) is 33.7 Å². The number of hydrogen-bond acceptors (Lipinski definition) is 2. The third-order valence-corrected chi connectivity index (χ3v) is 5.62. The topological polar surface area (TPSA) is 47.9 Å². The lowest BCUT2D eigenvalue weighted by Gasteiger charge is -2.32. The van der Waals surface area contributed by atoms with Gasteiger partial charge in [0.05, 0.1) is 12.6 Å². The van der Waals surface area contributed by atoms with Crippen LogP contribution in [-0.4, -0.2) is 48.2 Å². The number of nitrogens with zero attached hydrogens (tertiary/aromatic N) is 2. The number of aliphatic hydroxyl groups is 1. The van der Waals surface area contributed by atoms with Gasteiger partial charge in [-0.3, -0.25) is 4.99 Å². The Morgan fingerprint density at radius 3 is 2.65 bits per heavy atom. The van der Waals surface area contributed by atoms with Gasteiger partial charge >= 0.3 is 0 Å². The van der Waals surface area contributed by atoms with Crippen LogP contribution in [0.2, 0.25) is 0 Å². The highest BCUT2D eigenvalue weighted by atomic mass is 79.9. The monoisotopic (exact) mass is 379 g/mol. The quantitative estimate of drug-likeness (QED) is 0.624. The predicted octanol–water partition coefficient (Wildman–Crippen LogP) is 2.90. The summed E-state index contributed by atoms with van der Waals surface area (Å²) in [7, 11) is 0. The molecule has 2 fully saturated rings. The first kappa shape index (κ1) is 16.8. The average Bonchev–Trinajstić information content (AvgIpc) is 3.34. The predicted molar refractivity (Wildman–Crippen MR) is 97.8 cm³/mol. The second-order valence-corrected chi connectivity index (χ2v) is 7.50. The van der Waals surface area contributed by atoms with Crippen molar-refractivity contribution in [2.75, 3.05) is 26.2 Å². The number of piperidine rings is 1. The van der Waals surface area contributed by atoms with Crippen molar-refractivity contribution in [3.63, 3.8) is 0 Å². The molecule has 1 aromatic rings. The van der Waals surface area contributed by atoms with Crippen LogP contribution in [0, 0.1) is 0 Å². The molecule has 0 aromatic heterocycles. The summed E-state index contributed by atoms with van der Waals surface area (Å²) < 4.78 is 1.19. The SMILES string of the molecule is CCNC(=NCC1(c2ccccc2Br)CC1)N1CCC(O)CC1. The summed E-state index contributed by atoms with van der Waals surface area (Å²) in [6.45, 7) is 5.58. The van der Waals surface area contributed by atoms with Crippen molar-refractivity contribution in [3.8, 4) is 0 Å². The van der Waals surface area contributed by atoms with Crippen molar-refractivity contribution in [2.24, 2.45) is 4.99 Å². The van der Waals surface area contributed by atoms with Gasteiger partial charge in [0.25, 0.3) is 0 Å². The van der Waals surface area contributed by atoms with Gasteiger partial charge in [0.15, 0.2) is 5.96 Å². The van der Waals surface area contributed by atoms with E-state index in [0.717, 1.165) is 45.0 Å². The Labute approximate surface area is 147 Å². The van der Waals surface area contributed by atoms with E-state index in [2.05, 4.69) is 57.3 Å². The molecular weight excluding hydrogens is 354 g/mol. The molecule has 1 aliphatic carbocycles. The summed E-state index contributed by atoms with van der Waals surface area (Å²) in [5, 5.41) is 13.1. The van der Waals surface area contributed by atoms with Crippen molar-refractivity contribution in [2.45, 2.75) is 44.1 Å². The van der Waals surface area contributed by atoms with E-state index >= 15 is 0 Å². The molecular formula is C18H26BrN3O. The zero-order valence-corrected chi connectivity index (χ0v) is 15.3. The number of nitrogens with one attached hydrogen (secondary N) is 1. The molecule has 0 atom stereocenters. The van der Waals surface area contributed by atoms with Gasteiger partial charge < -0.3 is 15.3 Å². The standard InChI is InChI=1S/C18H26BrN3O/c1-2-20-17(22-11-7-14(23)8-12-22)21-13-18(9-10-18)15-5-3-4-6-16(15)19/h3-6,14,23H,2,7-13H2,1H3,(H,20,21). The molecule has 3 rings (SSSR count). The zero-order chi connectivity index (χ0) is 16.3. The van der Waals surface area contributed by atoms with E-state index in [0.29, 0.717) is 0 Å². The summed E-state index contributed by atoms with van der Waals surface area (Å²) in [6, 6.07) is 8.52. The first-order chi connectivity index (χ1) is 11.1. The van der Waals surface area contributed by atoms with Gasteiger partial charge in [0.2, 0.25) is 0 Å². The van der Waals surface area contributed by atoms with Gasteiger partial charge in [-0.25, -0.2) is 0 Å². The Kier molecular flexibility index (Phi) is 5.27. The van der Waals surface area contributed by atoms with Gasteiger partial charge in [-0.15, -0.1) is 0 Å². The summed E-state index contributed by atoms with van der Waals surface area (Å²) >= 11 is 3.69. The maximum atomic E-state index is 9.69.